The Morgan fingerprint density at radius 3 is 2.52 bits per heavy atom. The van der Waals surface area contributed by atoms with E-state index in [1.165, 1.54) is 12.1 Å². The molecule has 118 valence electrons. The number of halogens is 2. The van der Waals surface area contributed by atoms with Gasteiger partial charge in [0.25, 0.3) is 0 Å². The molecule has 0 spiro atoms. The molecule has 0 bridgehead atoms. The molecule has 3 N–H and O–H groups in total. The first-order valence-corrected chi connectivity index (χ1v) is 9.17. The van der Waals surface area contributed by atoms with E-state index in [1.54, 1.807) is 0 Å². The Labute approximate surface area is 133 Å². The highest BCUT2D eigenvalue weighted by molar-refractivity contribution is 9.10. The van der Waals surface area contributed by atoms with Crippen LogP contribution < -0.4 is 10.5 Å². The quantitative estimate of drug-likeness (QED) is 0.799. The maximum absolute atomic E-state index is 14.2. The van der Waals surface area contributed by atoms with Gasteiger partial charge in [0.1, 0.15) is 10.7 Å². The van der Waals surface area contributed by atoms with Crippen LogP contribution in [0.4, 0.5) is 4.39 Å². The molecular weight excluding hydrogens is 359 g/mol. The molecule has 1 aromatic rings. The van der Waals surface area contributed by atoms with Crippen LogP contribution in [0, 0.1) is 17.2 Å². The summed E-state index contributed by atoms with van der Waals surface area (Å²) in [6.07, 6.45) is 2.00. The Kier molecular flexibility index (Phi) is 4.78. The lowest BCUT2D eigenvalue weighted by Gasteiger charge is -2.20. The van der Waals surface area contributed by atoms with Crippen molar-refractivity contribution in [3.8, 4) is 0 Å². The summed E-state index contributed by atoms with van der Waals surface area (Å²) >= 11 is 3.19. The van der Waals surface area contributed by atoms with E-state index in [2.05, 4.69) is 34.5 Å². The van der Waals surface area contributed by atoms with Crippen molar-refractivity contribution in [3.63, 3.8) is 0 Å². The number of rotatable bonds is 6. The molecule has 4 nitrogen and oxygen atoms in total. The Hall–Kier alpha value is -0.500. The van der Waals surface area contributed by atoms with E-state index in [9.17, 15) is 12.8 Å². The summed E-state index contributed by atoms with van der Waals surface area (Å²) in [6.45, 7) is 4.45. The number of nitrogens with one attached hydrogen (secondary N) is 1. The van der Waals surface area contributed by atoms with Crippen molar-refractivity contribution in [2.75, 3.05) is 6.54 Å². The molecule has 1 aliphatic rings. The predicted molar refractivity (Wildman–Crippen MR) is 83.7 cm³/mol. The lowest BCUT2D eigenvalue weighted by Crippen LogP contribution is -2.33. The molecule has 0 saturated heterocycles. The van der Waals surface area contributed by atoms with Gasteiger partial charge in [0, 0.05) is 23.1 Å². The number of sulfonamides is 1. The first kappa shape index (κ1) is 16.9. The lowest BCUT2D eigenvalue weighted by molar-refractivity contribution is 0.357. The third-order valence-corrected chi connectivity index (χ3v) is 6.18. The van der Waals surface area contributed by atoms with Gasteiger partial charge in [-0.25, -0.2) is 17.5 Å². The lowest BCUT2D eigenvalue weighted by atomic mass is 9.93. The smallest absolute Gasteiger partial charge is 0.243 e. The van der Waals surface area contributed by atoms with E-state index in [1.807, 2.05) is 0 Å². The van der Waals surface area contributed by atoms with Crippen LogP contribution in [-0.4, -0.2) is 15.0 Å². The number of benzene rings is 1. The summed E-state index contributed by atoms with van der Waals surface area (Å²) in [5.74, 6) is -0.380. The molecular formula is C14H20BrFN2O2S. The molecule has 0 amide bonds. The van der Waals surface area contributed by atoms with E-state index >= 15 is 0 Å². The number of nitrogens with two attached hydrogens (primary N) is 1. The minimum atomic E-state index is -3.88. The summed E-state index contributed by atoms with van der Waals surface area (Å²) in [7, 11) is -3.88. The fourth-order valence-corrected chi connectivity index (χ4v) is 4.34. The maximum Gasteiger partial charge on any atom is 0.243 e. The molecule has 0 aromatic heterocycles. The largest absolute Gasteiger partial charge is 0.326 e. The van der Waals surface area contributed by atoms with Crippen LogP contribution >= 0.6 is 15.9 Å². The summed E-state index contributed by atoms with van der Waals surface area (Å²) in [5.41, 5.74) is 5.64. The van der Waals surface area contributed by atoms with Crippen LogP contribution in [-0.2, 0) is 16.6 Å². The zero-order valence-electron chi connectivity index (χ0n) is 12.1. The Bertz CT molecular complexity index is 643. The highest BCUT2D eigenvalue weighted by Crippen LogP contribution is 2.51. The van der Waals surface area contributed by atoms with Crippen LogP contribution in [0.3, 0.4) is 0 Å². The van der Waals surface area contributed by atoms with Crippen molar-refractivity contribution in [2.45, 2.75) is 38.1 Å². The van der Waals surface area contributed by atoms with Crippen molar-refractivity contribution in [1.29, 1.82) is 0 Å². The normalized spacial score (nSPS) is 17.2. The third kappa shape index (κ3) is 3.47. The predicted octanol–water partition coefficient (Wildman–Crippen LogP) is 2.76. The number of hydrogen-bond acceptors (Lipinski definition) is 3. The molecule has 21 heavy (non-hydrogen) atoms. The van der Waals surface area contributed by atoms with Gasteiger partial charge in [-0.05, 0) is 36.3 Å². The van der Waals surface area contributed by atoms with Gasteiger partial charge < -0.3 is 5.73 Å². The SMILES string of the molecule is CC(C)C1(CNS(=O)(=O)c2cc(Br)cc(CN)c2F)CC1. The minimum absolute atomic E-state index is 0.0201. The molecule has 0 heterocycles. The zero-order valence-corrected chi connectivity index (χ0v) is 14.5. The minimum Gasteiger partial charge on any atom is -0.326 e. The van der Waals surface area contributed by atoms with E-state index in [0.29, 0.717) is 16.9 Å². The molecule has 1 aromatic carbocycles. The monoisotopic (exact) mass is 378 g/mol. The summed E-state index contributed by atoms with van der Waals surface area (Å²) in [5, 5.41) is 0. The second-order valence-corrected chi connectivity index (χ2v) is 8.57. The van der Waals surface area contributed by atoms with Gasteiger partial charge in [-0.3, -0.25) is 0 Å². The van der Waals surface area contributed by atoms with Crippen LogP contribution in [0.25, 0.3) is 0 Å². The highest BCUT2D eigenvalue weighted by Gasteiger charge is 2.45. The second-order valence-electron chi connectivity index (χ2n) is 5.92. The van der Waals surface area contributed by atoms with Gasteiger partial charge in [-0.15, -0.1) is 0 Å². The van der Waals surface area contributed by atoms with Gasteiger partial charge in [0.15, 0.2) is 0 Å². The standard InChI is InChI=1S/C14H20BrFN2O2S/c1-9(2)14(3-4-14)8-18-21(19,20)12-6-11(15)5-10(7-17)13(12)16/h5-6,9,18H,3-4,7-8,17H2,1-2H3. The second kappa shape index (κ2) is 5.95. The molecule has 0 aliphatic heterocycles. The van der Waals surface area contributed by atoms with Gasteiger partial charge in [-0.1, -0.05) is 29.8 Å². The molecule has 0 atom stereocenters. The fourth-order valence-electron chi connectivity index (χ4n) is 2.40. The van der Waals surface area contributed by atoms with E-state index in [0.717, 1.165) is 12.8 Å². The van der Waals surface area contributed by atoms with Crippen molar-refractivity contribution in [1.82, 2.24) is 4.72 Å². The fraction of sp³-hybridized carbons (Fsp3) is 0.571. The van der Waals surface area contributed by atoms with Crippen LogP contribution in [0.15, 0.2) is 21.5 Å². The first-order chi connectivity index (χ1) is 9.72. The molecule has 1 aliphatic carbocycles. The Morgan fingerprint density at radius 1 is 1.43 bits per heavy atom. The van der Waals surface area contributed by atoms with Crippen molar-refractivity contribution >= 4 is 26.0 Å². The summed E-state index contributed by atoms with van der Waals surface area (Å²) in [4.78, 5) is -0.350. The molecule has 0 radical (unpaired) electrons. The van der Waals surface area contributed by atoms with Crippen LogP contribution in [0.5, 0.6) is 0 Å². The van der Waals surface area contributed by atoms with E-state index in [4.69, 9.17) is 5.73 Å². The molecule has 1 saturated carbocycles. The van der Waals surface area contributed by atoms with Crippen LogP contribution in [0.2, 0.25) is 0 Å². The van der Waals surface area contributed by atoms with Gasteiger partial charge >= 0.3 is 0 Å². The highest BCUT2D eigenvalue weighted by atomic mass is 79.9. The molecule has 1 fully saturated rings. The molecule has 0 unspecified atom stereocenters. The average molecular weight is 379 g/mol. The van der Waals surface area contributed by atoms with Crippen molar-refractivity contribution < 1.29 is 12.8 Å². The Morgan fingerprint density at radius 2 is 2.05 bits per heavy atom. The molecule has 7 heteroatoms. The zero-order chi connectivity index (χ0) is 15.8. The van der Waals surface area contributed by atoms with Gasteiger partial charge in [-0.2, -0.15) is 0 Å². The Balaban J connectivity index is 2.26. The average Bonchev–Trinajstić information content (AvgIpc) is 3.20. The van der Waals surface area contributed by atoms with Crippen molar-refractivity contribution in [3.05, 3.63) is 28.0 Å². The van der Waals surface area contributed by atoms with E-state index in [-0.39, 0.29) is 22.4 Å². The van der Waals surface area contributed by atoms with Gasteiger partial charge in [0.05, 0.1) is 0 Å². The maximum atomic E-state index is 14.2. The van der Waals surface area contributed by atoms with Gasteiger partial charge in [0.2, 0.25) is 10.0 Å². The topological polar surface area (TPSA) is 72.2 Å². The summed E-state index contributed by atoms with van der Waals surface area (Å²) in [6, 6.07) is 2.76. The number of hydrogen-bond donors (Lipinski definition) is 2. The first-order valence-electron chi connectivity index (χ1n) is 6.89. The molecule has 2 rings (SSSR count). The third-order valence-electron chi connectivity index (χ3n) is 4.32. The van der Waals surface area contributed by atoms with Crippen LogP contribution in [0.1, 0.15) is 32.3 Å². The van der Waals surface area contributed by atoms with E-state index < -0.39 is 15.8 Å². The summed E-state index contributed by atoms with van der Waals surface area (Å²) < 4.78 is 42.0. The van der Waals surface area contributed by atoms with Crippen molar-refractivity contribution in [2.24, 2.45) is 17.1 Å².